The average Bonchev–Trinajstić information content (AvgIpc) is 4.22. The molecule has 0 saturated carbocycles. The molecule has 8 aromatic carbocycles. The second-order valence-corrected chi connectivity index (χ2v) is 21.8. The van der Waals surface area contributed by atoms with Crippen LogP contribution < -0.4 is 25.5 Å². The molecule has 0 saturated heterocycles. The Bertz CT molecular complexity index is 4320. The summed E-state index contributed by atoms with van der Waals surface area (Å²) in [6, 6.07) is 50.2. The fourth-order valence-electron chi connectivity index (χ4n) is 7.72. The van der Waals surface area contributed by atoms with Gasteiger partial charge in [0.25, 0.3) is 0 Å². The third-order valence-electron chi connectivity index (χ3n) is 11.4. The maximum Gasteiger partial charge on any atom is 0.489 e. The van der Waals surface area contributed by atoms with Crippen molar-refractivity contribution < 1.29 is 46.4 Å². The number of aromatic amines is 1. The first-order valence-electron chi connectivity index (χ1n) is 23.3. The zero-order valence-electron chi connectivity index (χ0n) is 41.4. The zero-order valence-corrected chi connectivity index (χ0v) is 47.1. The minimum atomic E-state index is -4.49. The summed E-state index contributed by atoms with van der Waals surface area (Å²) in [5.74, 6) is 0. The quantitative estimate of drug-likeness (QED) is 0.0820. The Morgan fingerprint density at radius 3 is 1.56 bits per heavy atom. The van der Waals surface area contributed by atoms with Crippen LogP contribution in [0.15, 0.2) is 199 Å². The largest absolute Gasteiger partial charge is 0.489 e. The van der Waals surface area contributed by atoms with E-state index in [2.05, 4.69) is 42.9 Å². The van der Waals surface area contributed by atoms with E-state index < -0.39 is 37.7 Å². The molecule has 0 amide bonds. The lowest BCUT2D eigenvalue weighted by Gasteiger charge is -2.10. The number of aromatic nitrogens is 3. The third-order valence-corrected chi connectivity index (χ3v) is 15.1. The van der Waals surface area contributed by atoms with Crippen molar-refractivity contribution in [3.8, 4) is 34.6 Å². The molecule has 0 bridgehead atoms. The van der Waals surface area contributed by atoms with Crippen LogP contribution >= 0.6 is 65.9 Å². The minimum Gasteiger partial charge on any atom is -0.423 e. The number of thiazole rings is 3. The van der Waals surface area contributed by atoms with Gasteiger partial charge in [0.15, 0.2) is 0 Å². The first-order valence-corrected chi connectivity index (χ1v) is 27.4. The fraction of sp³-hybridized carbons (Fsp3) is 0.0536. The molecule has 11 aromatic rings. The van der Waals surface area contributed by atoms with Crippen LogP contribution in [0.3, 0.4) is 0 Å². The van der Waals surface area contributed by atoms with Crippen molar-refractivity contribution in [1.82, 2.24) is 14.1 Å². The number of nitrogens with one attached hydrogen (secondary N) is 1. The van der Waals surface area contributed by atoms with Crippen molar-refractivity contribution >= 4 is 122 Å². The van der Waals surface area contributed by atoms with Crippen molar-refractivity contribution in [2.45, 2.75) is 19.3 Å². The van der Waals surface area contributed by atoms with Crippen LogP contribution in [-0.4, -0.2) is 48.5 Å². The average molecular weight is 1280 g/mol. The summed E-state index contributed by atoms with van der Waals surface area (Å²) in [7, 11) is -2.91. The molecule has 81 heavy (non-hydrogen) atoms. The van der Waals surface area contributed by atoms with Crippen LogP contribution in [0.4, 0.5) is 26.3 Å². The van der Waals surface area contributed by atoms with Gasteiger partial charge in [0.05, 0.1) is 76.4 Å². The van der Waals surface area contributed by atoms with E-state index in [0.29, 0.717) is 37.0 Å². The van der Waals surface area contributed by atoms with E-state index in [1.165, 1.54) is 56.9 Å². The van der Waals surface area contributed by atoms with Crippen LogP contribution in [0.2, 0.25) is 0 Å². The number of alkyl halides is 6. The SMILES string of the molecule is Cc1cccc(B(O)O)c1.N#Cc1ccccc1-c1ccc2c(c1)sc(=O)n2-c1cccc(C(F)(F)F)c1.N#Cc1ccccc1B(O)O.O=c1[nH]c2ccc(Br)cc2s1.O=c1sc2cc(Br)ccc2n1-c1cccc(C(F)(F)F)c1. The molecular formula is C56H37B2Br2F6N5O7S3. The summed E-state index contributed by atoms with van der Waals surface area (Å²) in [5.41, 5.74) is 4.93. The Kier molecular flexibility index (Phi) is 20.1. The number of benzene rings is 8. The Balaban J connectivity index is 0.000000156. The minimum absolute atomic E-state index is 0.00176. The van der Waals surface area contributed by atoms with E-state index in [9.17, 15) is 46.0 Å². The second-order valence-electron chi connectivity index (χ2n) is 17.0. The predicted octanol–water partition coefficient (Wildman–Crippen LogP) is 11.7. The molecule has 0 aliphatic carbocycles. The summed E-state index contributed by atoms with van der Waals surface area (Å²) in [5, 5.41) is 52.7. The number of fused-ring (bicyclic) bond motifs is 3. The fourth-order valence-corrected chi connectivity index (χ4v) is 11.4. The van der Waals surface area contributed by atoms with Gasteiger partial charge in [-0.3, -0.25) is 23.5 Å². The number of H-pyrrole nitrogens is 1. The molecule has 0 spiro atoms. The summed E-state index contributed by atoms with van der Waals surface area (Å²) in [6.07, 6.45) is -8.92. The number of hydrogen-bond donors (Lipinski definition) is 5. The summed E-state index contributed by atoms with van der Waals surface area (Å²) < 4.78 is 84.1. The zero-order chi connectivity index (χ0) is 58.8. The van der Waals surface area contributed by atoms with Gasteiger partial charge in [-0.25, -0.2) is 0 Å². The lowest BCUT2D eigenvalue weighted by atomic mass is 9.77. The van der Waals surface area contributed by atoms with E-state index in [0.717, 1.165) is 82.8 Å². The van der Waals surface area contributed by atoms with Gasteiger partial charge in [0.2, 0.25) is 0 Å². The van der Waals surface area contributed by atoms with Gasteiger partial charge in [-0.05, 0) is 126 Å². The topological polar surface area (TPSA) is 205 Å². The molecule has 408 valence electrons. The van der Waals surface area contributed by atoms with E-state index in [1.54, 1.807) is 78.9 Å². The van der Waals surface area contributed by atoms with Gasteiger partial charge in [-0.15, -0.1) is 0 Å². The van der Waals surface area contributed by atoms with E-state index in [1.807, 2.05) is 49.4 Å². The van der Waals surface area contributed by atoms with Gasteiger partial charge in [-0.2, -0.15) is 36.9 Å². The van der Waals surface area contributed by atoms with Gasteiger partial charge < -0.3 is 25.1 Å². The molecule has 25 heteroatoms. The highest BCUT2D eigenvalue weighted by Gasteiger charge is 2.32. The molecule has 0 aliphatic heterocycles. The standard InChI is InChI=1S/C21H11F3N2OS.C14H7BrF3NOS.C7H6BNO2.C7H9BO2.C7H4BrNOS/c22-21(23,24)15-5-3-6-16(11-15)26-18-9-8-13(10-19(18)28-20(26)27)17-7-2-1-4-14(17)12-25;15-9-4-5-11-12(7-9)21-13(20)19(11)10-3-1-2-8(6-10)14(16,17)18;9-5-6-3-1-2-4-7(6)8(10)11;1-6-3-2-4-7(5-6)8(9)10;8-4-1-2-5-6(3-4)11-7(10)9-5/h1-11H;1-7H;1-4,10-11H;2-5,9-10H,1H3;1-3H,(H,9,10). The molecule has 0 unspecified atom stereocenters. The molecule has 3 heterocycles. The van der Waals surface area contributed by atoms with Crippen LogP contribution in [0.1, 0.15) is 27.8 Å². The maximum atomic E-state index is 13.0. The monoisotopic (exact) mass is 1280 g/mol. The number of nitriles is 2. The Labute approximate surface area is 485 Å². The first kappa shape index (κ1) is 60.9. The van der Waals surface area contributed by atoms with Crippen LogP contribution in [-0.2, 0) is 12.4 Å². The lowest BCUT2D eigenvalue weighted by Crippen LogP contribution is -2.31. The Morgan fingerprint density at radius 2 is 1.04 bits per heavy atom. The molecule has 3 aromatic heterocycles. The van der Waals surface area contributed by atoms with E-state index >= 15 is 0 Å². The van der Waals surface area contributed by atoms with Crippen LogP contribution in [0, 0.1) is 29.6 Å². The van der Waals surface area contributed by atoms with Gasteiger partial charge in [0.1, 0.15) is 0 Å². The normalized spacial score (nSPS) is 10.9. The molecule has 0 radical (unpaired) electrons. The number of halogens is 8. The molecular weight excluding hydrogens is 1250 g/mol. The summed E-state index contributed by atoms with van der Waals surface area (Å²) in [6.45, 7) is 1.91. The highest BCUT2D eigenvalue weighted by Crippen LogP contribution is 2.34. The van der Waals surface area contributed by atoms with Crippen molar-refractivity contribution in [3.63, 3.8) is 0 Å². The van der Waals surface area contributed by atoms with Crippen LogP contribution in [0.25, 0.3) is 53.2 Å². The van der Waals surface area contributed by atoms with Crippen molar-refractivity contribution in [3.05, 3.63) is 242 Å². The second kappa shape index (κ2) is 26.7. The molecule has 0 atom stereocenters. The summed E-state index contributed by atoms with van der Waals surface area (Å²) in [4.78, 5) is 37.5. The number of hydrogen-bond acceptors (Lipinski definition) is 12. The van der Waals surface area contributed by atoms with E-state index in [-0.39, 0.29) is 31.5 Å². The number of rotatable bonds is 5. The molecule has 0 aliphatic rings. The number of aryl methyl sites for hydroxylation is 1. The first-order chi connectivity index (χ1) is 38.4. The maximum absolute atomic E-state index is 13.0. The Morgan fingerprint density at radius 1 is 0.531 bits per heavy atom. The smallest absolute Gasteiger partial charge is 0.423 e. The van der Waals surface area contributed by atoms with Crippen molar-refractivity contribution in [1.29, 1.82) is 10.5 Å². The highest BCUT2D eigenvalue weighted by molar-refractivity contribution is 9.10. The lowest BCUT2D eigenvalue weighted by molar-refractivity contribution is -0.138. The predicted molar refractivity (Wildman–Crippen MR) is 315 cm³/mol. The van der Waals surface area contributed by atoms with Crippen molar-refractivity contribution in [2.75, 3.05) is 0 Å². The summed E-state index contributed by atoms with van der Waals surface area (Å²) >= 11 is 9.81. The number of nitrogens with zero attached hydrogens (tertiary/aromatic N) is 4. The van der Waals surface area contributed by atoms with Crippen LogP contribution in [0.5, 0.6) is 0 Å². The molecule has 5 N–H and O–H groups in total. The molecule has 12 nitrogen and oxygen atoms in total. The Hall–Kier alpha value is -7.68. The highest BCUT2D eigenvalue weighted by atomic mass is 79.9. The van der Waals surface area contributed by atoms with Gasteiger partial charge in [-0.1, -0.05) is 150 Å². The van der Waals surface area contributed by atoms with E-state index in [4.69, 9.17) is 25.4 Å². The van der Waals surface area contributed by atoms with Gasteiger partial charge >= 0.3 is 41.2 Å². The van der Waals surface area contributed by atoms with Gasteiger partial charge in [0, 0.05) is 8.95 Å². The molecule has 11 rings (SSSR count). The third kappa shape index (κ3) is 15.6. The molecule has 0 fully saturated rings. The van der Waals surface area contributed by atoms with Crippen molar-refractivity contribution in [2.24, 2.45) is 0 Å².